The Hall–Kier alpha value is -1.88. The quantitative estimate of drug-likeness (QED) is 0.757. The fraction of sp³-hybridized carbons (Fsp3) is 0.182. The molecule has 5 nitrogen and oxygen atoms in total. The smallest absolute Gasteiger partial charge is 0.177 e. The van der Waals surface area contributed by atoms with Gasteiger partial charge in [-0.2, -0.15) is 5.10 Å². The number of imidazole rings is 1. The number of pyridine rings is 1. The van der Waals surface area contributed by atoms with Crippen LogP contribution in [0.25, 0.3) is 11.2 Å². The number of aromatic nitrogens is 5. The highest BCUT2D eigenvalue weighted by Crippen LogP contribution is 2.18. The van der Waals surface area contributed by atoms with Crippen LogP contribution in [-0.4, -0.2) is 24.7 Å². The summed E-state index contributed by atoms with van der Waals surface area (Å²) in [5.41, 5.74) is 1.64. The van der Waals surface area contributed by atoms with Gasteiger partial charge < -0.3 is 4.98 Å². The van der Waals surface area contributed by atoms with Gasteiger partial charge in [-0.1, -0.05) is 11.6 Å². The highest BCUT2D eigenvalue weighted by atomic mass is 35.5. The Kier molecular flexibility index (Phi) is 2.33. The van der Waals surface area contributed by atoms with E-state index in [0.29, 0.717) is 10.7 Å². The molecule has 0 bridgehead atoms. The predicted octanol–water partition coefficient (Wildman–Crippen LogP) is 2.42. The van der Waals surface area contributed by atoms with Crippen LogP contribution in [0.1, 0.15) is 18.8 Å². The standard InChI is InChI=1S/C11H10ClN5/c1-7(17-6-8(12)5-14-17)10-15-9-3-2-4-13-11(9)16-10/h2-7H,1H3,(H,13,15,16)/t7-/m1/s1. The zero-order chi connectivity index (χ0) is 11.8. The van der Waals surface area contributed by atoms with Gasteiger partial charge in [0.1, 0.15) is 11.9 Å². The first-order valence-electron chi connectivity index (χ1n) is 5.24. The molecule has 0 spiro atoms. The van der Waals surface area contributed by atoms with Crippen LogP contribution in [0.15, 0.2) is 30.7 Å². The molecule has 0 saturated heterocycles. The molecule has 0 radical (unpaired) electrons. The van der Waals surface area contributed by atoms with Gasteiger partial charge in [-0.3, -0.25) is 4.68 Å². The van der Waals surface area contributed by atoms with Crippen molar-refractivity contribution >= 4 is 22.8 Å². The van der Waals surface area contributed by atoms with Crippen LogP contribution in [-0.2, 0) is 0 Å². The molecule has 1 N–H and O–H groups in total. The number of nitrogens with zero attached hydrogens (tertiary/aromatic N) is 4. The molecule has 3 aromatic rings. The molecular formula is C11H10ClN5. The summed E-state index contributed by atoms with van der Waals surface area (Å²) in [4.78, 5) is 11.8. The highest BCUT2D eigenvalue weighted by Gasteiger charge is 2.13. The number of hydrogen-bond acceptors (Lipinski definition) is 3. The van der Waals surface area contributed by atoms with E-state index in [9.17, 15) is 0 Å². The van der Waals surface area contributed by atoms with E-state index in [4.69, 9.17) is 11.6 Å². The van der Waals surface area contributed by atoms with Crippen LogP contribution in [0.2, 0.25) is 5.02 Å². The number of aromatic amines is 1. The number of halogens is 1. The Morgan fingerprint density at radius 3 is 3.06 bits per heavy atom. The second-order valence-corrected chi connectivity index (χ2v) is 4.25. The lowest BCUT2D eigenvalue weighted by atomic mass is 10.3. The topological polar surface area (TPSA) is 59.4 Å². The van der Waals surface area contributed by atoms with Gasteiger partial charge in [-0.05, 0) is 19.1 Å². The average Bonchev–Trinajstić information content (AvgIpc) is 2.93. The minimum absolute atomic E-state index is 0.00306. The number of H-pyrrole nitrogens is 1. The normalized spacial score (nSPS) is 13.1. The molecule has 0 unspecified atom stereocenters. The molecule has 3 heterocycles. The van der Waals surface area contributed by atoms with Crippen LogP contribution in [0.5, 0.6) is 0 Å². The molecule has 0 saturated carbocycles. The number of nitrogens with one attached hydrogen (secondary N) is 1. The summed E-state index contributed by atoms with van der Waals surface area (Å²) in [5.74, 6) is 0.818. The van der Waals surface area contributed by atoms with Crippen LogP contribution >= 0.6 is 11.6 Å². The average molecular weight is 248 g/mol. The zero-order valence-electron chi connectivity index (χ0n) is 9.13. The van der Waals surface area contributed by atoms with Gasteiger partial charge in [0.05, 0.1) is 16.7 Å². The third-order valence-electron chi connectivity index (χ3n) is 2.64. The minimum Gasteiger partial charge on any atom is -0.339 e. The van der Waals surface area contributed by atoms with Gasteiger partial charge in [-0.25, -0.2) is 9.97 Å². The van der Waals surface area contributed by atoms with Crippen molar-refractivity contribution in [2.24, 2.45) is 0 Å². The second kappa shape index (κ2) is 3.85. The molecule has 86 valence electrons. The molecule has 17 heavy (non-hydrogen) atoms. The number of fused-ring (bicyclic) bond motifs is 1. The molecule has 1 atom stereocenters. The Morgan fingerprint density at radius 1 is 1.47 bits per heavy atom. The third-order valence-corrected chi connectivity index (χ3v) is 2.83. The fourth-order valence-corrected chi connectivity index (χ4v) is 1.86. The van der Waals surface area contributed by atoms with E-state index in [1.165, 1.54) is 0 Å². The van der Waals surface area contributed by atoms with Crippen LogP contribution in [0, 0.1) is 0 Å². The van der Waals surface area contributed by atoms with Gasteiger partial charge in [0.25, 0.3) is 0 Å². The van der Waals surface area contributed by atoms with Crippen molar-refractivity contribution in [3.63, 3.8) is 0 Å². The summed E-state index contributed by atoms with van der Waals surface area (Å²) >= 11 is 5.84. The third kappa shape index (κ3) is 1.78. The summed E-state index contributed by atoms with van der Waals surface area (Å²) in [6.07, 6.45) is 5.11. The molecular weight excluding hydrogens is 238 g/mol. The fourth-order valence-electron chi connectivity index (χ4n) is 1.71. The second-order valence-electron chi connectivity index (χ2n) is 3.81. The highest BCUT2D eigenvalue weighted by molar-refractivity contribution is 6.30. The van der Waals surface area contributed by atoms with E-state index >= 15 is 0 Å². The van der Waals surface area contributed by atoms with Crippen molar-refractivity contribution in [3.05, 3.63) is 41.6 Å². The Morgan fingerprint density at radius 2 is 2.35 bits per heavy atom. The van der Waals surface area contributed by atoms with Crippen molar-refractivity contribution < 1.29 is 0 Å². The first-order valence-corrected chi connectivity index (χ1v) is 5.62. The van der Waals surface area contributed by atoms with Crippen molar-refractivity contribution in [1.29, 1.82) is 0 Å². The summed E-state index contributed by atoms with van der Waals surface area (Å²) in [5, 5.41) is 4.78. The number of rotatable bonds is 2. The first kappa shape index (κ1) is 10.3. The predicted molar refractivity (Wildman–Crippen MR) is 64.9 cm³/mol. The van der Waals surface area contributed by atoms with Crippen molar-refractivity contribution in [3.8, 4) is 0 Å². The lowest BCUT2D eigenvalue weighted by Gasteiger charge is -2.07. The molecule has 0 aliphatic rings. The van der Waals surface area contributed by atoms with E-state index in [1.807, 2.05) is 19.1 Å². The van der Waals surface area contributed by atoms with Crippen LogP contribution in [0.4, 0.5) is 0 Å². The Balaban J connectivity index is 2.03. The minimum atomic E-state index is -0.00306. The Labute approximate surface area is 102 Å². The summed E-state index contributed by atoms with van der Waals surface area (Å²) in [6.45, 7) is 2.00. The van der Waals surface area contributed by atoms with Gasteiger partial charge in [0.2, 0.25) is 0 Å². The molecule has 3 aromatic heterocycles. The van der Waals surface area contributed by atoms with Crippen molar-refractivity contribution in [2.45, 2.75) is 13.0 Å². The largest absolute Gasteiger partial charge is 0.339 e. The van der Waals surface area contributed by atoms with Gasteiger partial charge in [0, 0.05) is 12.4 Å². The summed E-state index contributed by atoms with van der Waals surface area (Å²) in [7, 11) is 0. The summed E-state index contributed by atoms with van der Waals surface area (Å²) in [6, 6.07) is 3.82. The van der Waals surface area contributed by atoms with E-state index in [2.05, 4.69) is 20.1 Å². The lowest BCUT2D eigenvalue weighted by molar-refractivity contribution is 0.542. The van der Waals surface area contributed by atoms with Crippen LogP contribution in [0.3, 0.4) is 0 Å². The molecule has 0 fully saturated rings. The Bertz CT molecular complexity index is 623. The molecule has 3 rings (SSSR count). The van der Waals surface area contributed by atoms with E-state index in [-0.39, 0.29) is 6.04 Å². The number of hydrogen-bond donors (Lipinski definition) is 1. The zero-order valence-corrected chi connectivity index (χ0v) is 9.89. The molecule has 0 aliphatic carbocycles. The van der Waals surface area contributed by atoms with Gasteiger partial charge in [0.15, 0.2) is 5.65 Å². The maximum atomic E-state index is 5.84. The first-order chi connectivity index (χ1) is 8.24. The monoisotopic (exact) mass is 247 g/mol. The lowest BCUT2D eigenvalue weighted by Crippen LogP contribution is -2.08. The van der Waals surface area contributed by atoms with E-state index in [1.54, 1.807) is 23.3 Å². The van der Waals surface area contributed by atoms with Gasteiger partial charge in [-0.15, -0.1) is 0 Å². The molecule has 6 heteroatoms. The molecule has 0 amide bonds. The van der Waals surface area contributed by atoms with Crippen LogP contribution < -0.4 is 0 Å². The van der Waals surface area contributed by atoms with E-state index < -0.39 is 0 Å². The van der Waals surface area contributed by atoms with E-state index in [0.717, 1.165) is 11.3 Å². The SMILES string of the molecule is C[C@H](c1nc2ncccc2[nH]1)n1cc(Cl)cn1. The maximum Gasteiger partial charge on any atom is 0.177 e. The maximum absolute atomic E-state index is 5.84. The molecule has 0 aromatic carbocycles. The van der Waals surface area contributed by atoms with Gasteiger partial charge >= 0.3 is 0 Å². The summed E-state index contributed by atoms with van der Waals surface area (Å²) < 4.78 is 1.76. The van der Waals surface area contributed by atoms with Crippen molar-refractivity contribution in [2.75, 3.05) is 0 Å². The van der Waals surface area contributed by atoms with Crippen molar-refractivity contribution in [1.82, 2.24) is 24.7 Å². The molecule has 0 aliphatic heterocycles.